The summed E-state index contributed by atoms with van der Waals surface area (Å²) in [4.78, 5) is 14.0. The highest BCUT2D eigenvalue weighted by molar-refractivity contribution is 5.98. The molecule has 1 atom stereocenters. The summed E-state index contributed by atoms with van der Waals surface area (Å²) in [6.07, 6.45) is 0.868. The minimum Gasteiger partial charge on any atom is -0.497 e. The van der Waals surface area contributed by atoms with Crippen LogP contribution in [-0.4, -0.2) is 13.0 Å². The van der Waals surface area contributed by atoms with Crippen LogP contribution in [0.25, 0.3) is 0 Å². The molecular formula is C18H16N2O2. The Hall–Kier alpha value is -2.80. The second kappa shape index (κ2) is 5.53. The van der Waals surface area contributed by atoms with E-state index in [1.165, 1.54) is 0 Å². The van der Waals surface area contributed by atoms with Crippen molar-refractivity contribution in [1.82, 2.24) is 0 Å². The highest BCUT2D eigenvalue weighted by Gasteiger charge is 2.48. The zero-order valence-electron chi connectivity index (χ0n) is 12.3. The molecule has 0 spiro atoms. The highest BCUT2D eigenvalue weighted by atomic mass is 16.5. The maximum absolute atomic E-state index is 12.4. The fourth-order valence-corrected chi connectivity index (χ4v) is 2.98. The van der Waals surface area contributed by atoms with Gasteiger partial charge in [-0.05, 0) is 36.2 Å². The van der Waals surface area contributed by atoms with Crippen LogP contribution in [0.5, 0.6) is 5.75 Å². The number of hydrogen-bond acceptors (Lipinski definition) is 3. The van der Waals surface area contributed by atoms with Gasteiger partial charge in [0, 0.05) is 12.1 Å². The van der Waals surface area contributed by atoms with Crippen LogP contribution in [0.15, 0.2) is 54.6 Å². The SMILES string of the molecule is COc1ccc(N2C(=O)CC[C@@]2(C#N)c2ccccc2)cc1. The zero-order chi connectivity index (χ0) is 15.6. The van der Waals surface area contributed by atoms with Gasteiger partial charge in [-0.25, -0.2) is 0 Å². The number of nitriles is 1. The summed E-state index contributed by atoms with van der Waals surface area (Å²) in [5, 5.41) is 9.85. The molecule has 1 aliphatic heterocycles. The van der Waals surface area contributed by atoms with Gasteiger partial charge in [-0.1, -0.05) is 30.3 Å². The number of methoxy groups -OCH3 is 1. The van der Waals surface area contributed by atoms with Crippen LogP contribution in [0.2, 0.25) is 0 Å². The molecule has 4 nitrogen and oxygen atoms in total. The Morgan fingerprint density at radius 1 is 1.14 bits per heavy atom. The molecule has 22 heavy (non-hydrogen) atoms. The average Bonchev–Trinajstić information content (AvgIpc) is 2.93. The second-order valence-electron chi connectivity index (χ2n) is 5.27. The summed E-state index contributed by atoms with van der Waals surface area (Å²) in [6, 6.07) is 19.1. The van der Waals surface area contributed by atoms with Gasteiger partial charge in [0.1, 0.15) is 5.75 Å². The third kappa shape index (κ3) is 2.11. The summed E-state index contributed by atoms with van der Waals surface area (Å²) < 4.78 is 5.15. The Morgan fingerprint density at radius 2 is 1.82 bits per heavy atom. The number of hydrogen-bond donors (Lipinski definition) is 0. The van der Waals surface area contributed by atoms with E-state index in [1.54, 1.807) is 24.1 Å². The molecule has 0 bridgehead atoms. The van der Waals surface area contributed by atoms with E-state index in [9.17, 15) is 10.1 Å². The smallest absolute Gasteiger partial charge is 0.228 e. The van der Waals surface area contributed by atoms with Gasteiger partial charge in [-0.2, -0.15) is 5.26 Å². The zero-order valence-corrected chi connectivity index (χ0v) is 12.3. The van der Waals surface area contributed by atoms with Gasteiger partial charge < -0.3 is 4.74 Å². The lowest BCUT2D eigenvalue weighted by molar-refractivity contribution is -0.117. The molecule has 0 aromatic heterocycles. The summed E-state index contributed by atoms with van der Waals surface area (Å²) >= 11 is 0. The monoisotopic (exact) mass is 292 g/mol. The van der Waals surface area contributed by atoms with Crippen LogP contribution in [0.1, 0.15) is 18.4 Å². The van der Waals surface area contributed by atoms with Crippen LogP contribution in [0, 0.1) is 11.3 Å². The van der Waals surface area contributed by atoms with Crippen LogP contribution < -0.4 is 9.64 Å². The fraction of sp³-hybridized carbons (Fsp3) is 0.222. The van der Waals surface area contributed by atoms with Crippen LogP contribution in [0.4, 0.5) is 5.69 Å². The van der Waals surface area contributed by atoms with E-state index in [-0.39, 0.29) is 5.91 Å². The molecular weight excluding hydrogens is 276 g/mol. The Kier molecular flexibility index (Phi) is 3.56. The summed E-state index contributed by atoms with van der Waals surface area (Å²) in [5.41, 5.74) is 0.625. The summed E-state index contributed by atoms with van der Waals surface area (Å²) in [7, 11) is 1.60. The Balaban J connectivity index is 2.10. The number of anilines is 1. The van der Waals surface area contributed by atoms with Gasteiger partial charge in [0.15, 0.2) is 5.54 Å². The maximum atomic E-state index is 12.4. The molecule has 110 valence electrons. The minimum absolute atomic E-state index is 0.0319. The molecule has 1 fully saturated rings. The first kappa shape index (κ1) is 14.2. The number of rotatable bonds is 3. The van der Waals surface area contributed by atoms with E-state index in [0.717, 1.165) is 11.3 Å². The van der Waals surface area contributed by atoms with Crippen molar-refractivity contribution in [2.45, 2.75) is 18.4 Å². The van der Waals surface area contributed by atoms with Crippen molar-refractivity contribution in [3.05, 3.63) is 60.2 Å². The normalized spacial score (nSPS) is 20.7. The van der Waals surface area contributed by atoms with E-state index in [2.05, 4.69) is 6.07 Å². The predicted molar refractivity (Wildman–Crippen MR) is 83.4 cm³/mol. The minimum atomic E-state index is -0.938. The van der Waals surface area contributed by atoms with Crippen LogP contribution in [-0.2, 0) is 10.3 Å². The van der Waals surface area contributed by atoms with Gasteiger partial charge in [-0.3, -0.25) is 9.69 Å². The number of amides is 1. The molecule has 0 aliphatic carbocycles. The van der Waals surface area contributed by atoms with E-state index < -0.39 is 5.54 Å². The lowest BCUT2D eigenvalue weighted by Gasteiger charge is -2.33. The Bertz CT molecular complexity index is 719. The van der Waals surface area contributed by atoms with Gasteiger partial charge in [0.05, 0.1) is 13.2 Å². The Morgan fingerprint density at radius 3 is 2.41 bits per heavy atom. The second-order valence-corrected chi connectivity index (χ2v) is 5.27. The first-order valence-electron chi connectivity index (χ1n) is 7.15. The van der Waals surface area contributed by atoms with Gasteiger partial charge in [0.25, 0.3) is 0 Å². The number of carbonyl (C=O) groups excluding carboxylic acids is 1. The number of benzene rings is 2. The molecule has 0 unspecified atom stereocenters. The molecule has 2 aromatic rings. The molecule has 0 N–H and O–H groups in total. The van der Waals surface area contributed by atoms with E-state index >= 15 is 0 Å². The lowest BCUT2D eigenvalue weighted by Crippen LogP contribution is -2.42. The van der Waals surface area contributed by atoms with Gasteiger partial charge >= 0.3 is 0 Å². The molecule has 4 heteroatoms. The third-order valence-corrected chi connectivity index (χ3v) is 4.10. The van der Waals surface area contributed by atoms with Crippen molar-refractivity contribution in [1.29, 1.82) is 5.26 Å². The molecule has 0 radical (unpaired) electrons. The molecule has 1 aliphatic rings. The number of nitrogens with zero attached hydrogens (tertiary/aromatic N) is 2. The summed E-state index contributed by atoms with van der Waals surface area (Å²) in [5.74, 6) is 0.688. The average molecular weight is 292 g/mol. The maximum Gasteiger partial charge on any atom is 0.228 e. The van der Waals surface area contributed by atoms with E-state index in [4.69, 9.17) is 4.74 Å². The van der Waals surface area contributed by atoms with Crippen molar-refractivity contribution >= 4 is 11.6 Å². The molecule has 1 saturated heterocycles. The van der Waals surface area contributed by atoms with Crippen molar-refractivity contribution in [2.24, 2.45) is 0 Å². The van der Waals surface area contributed by atoms with E-state index in [1.807, 2.05) is 42.5 Å². The van der Waals surface area contributed by atoms with Crippen LogP contribution in [0.3, 0.4) is 0 Å². The fourth-order valence-electron chi connectivity index (χ4n) is 2.98. The van der Waals surface area contributed by atoms with Gasteiger partial charge in [-0.15, -0.1) is 0 Å². The predicted octanol–water partition coefficient (Wildman–Crippen LogP) is 3.24. The Labute approximate surface area is 129 Å². The molecule has 2 aromatic carbocycles. The number of carbonyl (C=O) groups is 1. The number of ether oxygens (including phenoxy) is 1. The topological polar surface area (TPSA) is 53.3 Å². The van der Waals surface area contributed by atoms with Crippen molar-refractivity contribution in [3.63, 3.8) is 0 Å². The largest absolute Gasteiger partial charge is 0.497 e. The third-order valence-electron chi connectivity index (χ3n) is 4.10. The molecule has 3 rings (SSSR count). The molecule has 1 amide bonds. The van der Waals surface area contributed by atoms with Crippen molar-refractivity contribution < 1.29 is 9.53 Å². The first-order chi connectivity index (χ1) is 10.7. The van der Waals surface area contributed by atoms with E-state index in [0.29, 0.717) is 18.5 Å². The van der Waals surface area contributed by atoms with Crippen molar-refractivity contribution in [3.8, 4) is 11.8 Å². The highest BCUT2D eigenvalue weighted by Crippen LogP contribution is 2.42. The molecule has 0 saturated carbocycles. The first-order valence-corrected chi connectivity index (χ1v) is 7.15. The standard InChI is InChI=1S/C18H16N2O2/c1-22-16-9-7-15(8-10-16)20-17(21)11-12-18(20,13-19)14-5-3-2-4-6-14/h2-10H,11-12H2,1H3/t18-/m1/s1. The summed E-state index contributed by atoms with van der Waals surface area (Å²) in [6.45, 7) is 0. The van der Waals surface area contributed by atoms with Gasteiger partial charge in [0.2, 0.25) is 5.91 Å². The van der Waals surface area contributed by atoms with Crippen molar-refractivity contribution in [2.75, 3.05) is 12.0 Å². The quantitative estimate of drug-likeness (QED) is 0.872. The molecule has 1 heterocycles. The van der Waals surface area contributed by atoms with Crippen LogP contribution >= 0.6 is 0 Å². The lowest BCUT2D eigenvalue weighted by atomic mass is 9.88.